The summed E-state index contributed by atoms with van der Waals surface area (Å²) in [5.74, 6) is 0.688. The van der Waals surface area contributed by atoms with Crippen LogP contribution in [0.25, 0.3) is 89.2 Å². The van der Waals surface area contributed by atoms with E-state index in [1.165, 1.54) is 5.56 Å². The molecular weight excluding hydrogens is 597 g/mol. The van der Waals surface area contributed by atoms with E-state index in [0.717, 1.165) is 77.8 Å². The number of benzene rings is 7. The lowest BCUT2D eigenvalue weighted by Crippen LogP contribution is -1.96. The summed E-state index contributed by atoms with van der Waals surface area (Å²) >= 11 is 0. The van der Waals surface area contributed by atoms with Gasteiger partial charge in [0.2, 0.25) is 0 Å². The molecule has 0 bridgehead atoms. The fourth-order valence-corrected chi connectivity index (χ4v) is 6.59. The fraction of sp³-hybridized carbons (Fsp3) is 0. The van der Waals surface area contributed by atoms with Crippen LogP contribution in [-0.4, -0.2) is 9.97 Å². The zero-order valence-electron chi connectivity index (χ0n) is 26.6. The molecule has 0 unspecified atom stereocenters. The molecule has 9 aromatic rings. The Bertz CT molecular complexity index is 2590. The number of rotatable bonds is 6. The minimum Gasteiger partial charge on any atom is -0.456 e. The third-order valence-corrected chi connectivity index (χ3v) is 9.07. The molecule has 0 radical (unpaired) electrons. The molecule has 2 aromatic heterocycles. The van der Waals surface area contributed by atoms with Crippen molar-refractivity contribution in [1.29, 1.82) is 0 Å². The Kier molecular flexibility index (Phi) is 7.14. The average Bonchev–Trinajstić information content (AvgIpc) is 3.57. The maximum Gasteiger partial charge on any atom is 0.160 e. The summed E-state index contributed by atoms with van der Waals surface area (Å²) < 4.78 is 6.29. The molecule has 3 nitrogen and oxygen atoms in total. The van der Waals surface area contributed by atoms with Crippen molar-refractivity contribution in [1.82, 2.24) is 9.97 Å². The molecule has 49 heavy (non-hydrogen) atoms. The molecule has 0 amide bonds. The molecule has 9 rings (SSSR count). The summed E-state index contributed by atoms with van der Waals surface area (Å²) in [5.41, 5.74) is 13.3. The maximum absolute atomic E-state index is 6.29. The van der Waals surface area contributed by atoms with E-state index in [2.05, 4.69) is 146 Å². The van der Waals surface area contributed by atoms with Crippen molar-refractivity contribution in [2.45, 2.75) is 0 Å². The van der Waals surface area contributed by atoms with Crippen LogP contribution in [0.4, 0.5) is 0 Å². The van der Waals surface area contributed by atoms with E-state index < -0.39 is 0 Å². The maximum atomic E-state index is 6.29. The standard InChI is InChI=1S/C46H30N2O/c1-4-13-31(14-5-1)34-19-12-20-36(25-34)42-30-43(48-46(47-42)33-17-8-3-9-18-33)39-27-37(32-15-6-2-7-16-32)26-38(28-39)35-23-24-41-40-21-10-11-22-44(40)49-45(41)29-35/h1-30H. The molecule has 0 saturated carbocycles. The minimum absolute atomic E-state index is 0.688. The lowest BCUT2D eigenvalue weighted by Gasteiger charge is -2.13. The first kappa shape index (κ1) is 28.6. The number of fused-ring (bicyclic) bond motifs is 3. The minimum atomic E-state index is 0.688. The molecule has 7 aromatic carbocycles. The summed E-state index contributed by atoms with van der Waals surface area (Å²) in [7, 11) is 0. The van der Waals surface area contributed by atoms with Crippen LogP contribution in [0, 0.1) is 0 Å². The van der Waals surface area contributed by atoms with E-state index in [1.54, 1.807) is 0 Å². The topological polar surface area (TPSA) is 38.9 Å². The molecule has 0 aliphatic carbocycles. The van der Waals surface area contributed by atoms with Crippen molar-refractivity contribution in [3.8, 4) is 67.3 Å². The highest BCUT2D eigenvalue weighted by atomic mass is 16.3. The third kappa shape index (κ3) is 5.58. The highest BCUT2D eigenvalue weighted by Crippen LogP contribution is 2.37. The molecule has 0 fully saturated rings. The lowest BCUT2D eigenvalue weighted by atomic mass is 9.94. The zero-order valence-corrected chi connectivity index (χ0v) is 26.6. The quantitative estimate of drug-likeness (QED) is 0.184. The first-order chi connectivity index (χ1) is 24.2. The van der Waals surface area contributed by atoms with Crippen molar-refractivity contribution < 1.29 is 4.42 Å². The third-order valence-electron chi connectivity index (χ3n) is 9.07. The Morgan fingerprint density at radius 1 is 0.286 bits per heavy atom. The van der Waals surface area contributed by atoms with Crippen LogP contribution in [0.1, 0.15) is 0 Å². The van der Waals surface area contributed by atoms with Gasteiger partial charge in [-0.15, -0.1) is 0 Å². The van der Waals surface area contributed by atoms with Crippen molar-refractivity contribution in [3.05, 3.63) is 182 Å². The van der Waals surface area contributed by atoms with Crippen LogP contribution in [0.5, 0.6) is 0 Å². The van der Waals surface area contributed by atoms with E-state index in [4.69, 9.17) is 14.4 Å². The monoisotopic (exact) mass is 626 g/mol. The van der Waals surface area contributed by atoms with Gasteiger partial charge in [-0.1, -0.05) is 133 Å². The molecule has 0 N–H and O–H groups in total. The summed E-state index contributed by atoms with van der Waals surface area (Å²) in [5, 5.41) is 2.24. The molecule has 0 aliphatic rings. The zero-order chi connectivity index (χ0) is 32.6. The van der Waals surface area contributed by atoms with E-state index in [9.17, 15) is 0 Å². The van der Waals surface area contributed by atoms with Gasteiger partial charge in [0.15, 0.2) is 5.82 Å². The van der Waals surface area contributed by atoms with Gasteiger partial charge in [0.25, 0.3) is 0 Å². The number of para-hydroxylation sites is 1. The highest BCUT2D eigenvalue weighted by Gasteiger charge is 2.15. The Hall–Kier alpha value is -6.58. The van der Waals surface area contributed by atoms with Gasteiger partial charge in [-0.25, -0.2) is 9.97 Å². The number of nitrogens with zero attached hydrogens (tertiary/aromatic N) is 2. The summed E-state index contributed by atoms with van der Waals surface area (Å²) in [6, 6.07) is 63.3. The van der Waals surface area contributed by atoms with Gasteiger partial charge in [-0.3, -0.25) is 0 Å². The van der Waals surface area contributed by atoms with Crippen LogP contribution < -0.4 is 0 Å². The lowest BCUT2D eigenvalue weighted by molar-refractivity contribution is 0.669. The summed E-state index contributed by atoms with van der Waals surface area (Å²) in [4.78, 5) is 10.3. The highest BCUT2D eigenvalue weighted by molar-refractivity contribution is 6.06. The number of hydrogen-bond acceptors (Lipinski definition) is 3. The number of aromatic nitrogens is 2. The van der Waals surface area contributed by atoms with Gasteiger partial charge in [0.05, 0.1) is 11.4 Å². The fourth-order valence-electron chi connectivity index (χ4n) is 6.59. The molecule has 230 valence electrons. The summed E-state index contributed by atoms with van der Waals surface area (Å²) in [6.45, 7) is 0. The van der Waals surface area contributed by atoms with Crippen molar-refractivity contribution in [3.63, 3.8) is 0 Å². The van der Waals surface area contributed by atoms with E-state index in [1.807, 2.05) is 36.4 Å². The second-order valence-corrected chi connectivity index (χ2v) is 12.2. The molecule has 0 aliphatic heterocycles. The van der Waals surface area contributed by atoms with Crippen LogP contribution in [-0.2, 0) is 0 Å². The van der Waals surface area contributed by atoms with E-state index >= 15 is 0 Å². The van der Waals surface area contributed by atoms with Crippen molar-refractivity contribution in [2.75, 3.05) is 0 Å². The Morgan fingerprint density at radius 3 is 1.51 bits per heavy atom. The number of furan rings is 1. The second kappa shape index (κ2) is 12.2. The van der Waals surface area contributed by atoms with Gasteiger partial charge in [-0.2, -0.15) is 0 Å². The smallest absolute Gasteiger partial charge is 0.160 e. The van der Waals surface area contributed by atoms with Crippen LogP contribution in [0.15, 0.2) is 186 Å². The predicted octanol–water partition coefficient (Wildman–Crippen LogP) is 12.4. The van der Waals surface area contributed by atoms with Gasteiger partial charge in [0, 0.05) is 27.5 Å². The first-order valence-corrected chi connectivity index (χ1v) is 16.5. The van der Waals surface area contributed by atoms with E-state index in [0.29, 0.717) is 5.82 Å². The van der Waals surface area contributed by atoms with Crippen LogP contribution in [0.2, 0.25) is 0 Å². The van der Waals surface area contributed by atoms with Crippen LogP contribution in [0.3, 0.4) is 0 Å². The number of hydrogen-bond donors (Lipinski definition) is 0. The Morgan fingerprint density at radius 2 is 0.776 bits per heavy atom. The molecule has 0 spiro atoms. The molecule has 2 heterocycles. The van der Waals surface area contributed by atoms with Crippen molar-refractivity contribution >= 4 is 21.9 Å². The Balaban J connectivity index is 1.24. The second-order valence-electron chi connectivity index (χ2n) is 12.2. The normalized spacial score (nSPS) is 11.3. The SMILES string of the molecule is c1ccc(-c2cccc(-c3cc(-c4cc(-c5ccccc5)cc(-c5ccc6c(c5)oc5ccccc56)c4)nc(-c4ccccc4)n3)c2)cc1. The Labute approximate surface area is 284 Å². The summed E-state index contributed by atoms with van der Waals surface area (Å²) in [6.07, 6.45) is 0. The molecular formula is C46H30N2O. The molecule has 0 atom stereocenters. The molecule has 3 heteroatoms. The van der Waals surface area contributed by atoms with Gasteiger partial charge in [-0.05, 0) is 81.9 Å². The van der Waals surface area contributed by atoms with Crippen LogP contribution >= 0.6 is 0 Å². The van der Waals surface area contributed by atoms with Gasteiger partial charge >= 0.3 is 0 Å². The van der Waals surface area contributed by atoms with Crippen molar-refractivity contribution in [2.24, 2.45) is 0 Å². The molecule has 0 saturated heterocycles. The first-order valence-electron chi connectivity index (χ1n) is 16.5. The predicted molar refractivity (Wildman–Crippen MR) is 202 cm³/mol. The average molecular weight is 627 g/mol. The van der Waals surface area contributed by atoms with E-state index in [-0.39, 0.29) is 0 Å². The van der Waals surface area contributed by atoms with Gasteiger partial charge < -0.3 is 4.42 Å². The van der Waals surface area contributed by atoms with Gasteiger partial charge in [0.1, 0.15) is 11.2 Å². The largest absolute Gasteiger partial charge is 0.456 e.